The molecule has 0 bridgehead atoms. The van der Waals surface area contributed by atoms with Crippen molar-refractivity contribution < 1.29 is 4.74 Å². The van der Waals surface area contributed by atoms with Gasteiger partial charge in [0.1, 0.15) is 0 Å². The molecule has 1 aliphatic carbocycles. The van der Waals surface area contributed by atoms with E-state index < -0.39 is 0 Å². The van der Waals surface area contributed by atoms with Gasteiger partial charge in [-0.25, -0.2) is 4.98 Å². The highest BCUT2D eigenvalue weighted by molar-refractivity contribution is 7.07. The molecule has 100 valence electrons. The summed E-state index contributed by atoms with van der Waals surface area (Å²) in [6, 6.07) is 0.401. The van der Waals surface area contributed by atoms with Gasteiger partial charge in [-0.05, 0) is 38.6 Å². The van der Waals surface area contributed by atoms with Crippen LogP contribution in [0.2, 0.25) is 0 Å². The number of hydrogen-bond acceptors (Lipinski definition) is 4. The predicted molar refractivity (Wildman–Crippen MR) is 73.8 cm³/mol. The van der Waals surface area contributed by atoms with Gasteiger partial charge in [0.2, 0.25) is 0 Å². The van der Waals surface area contributed by atoms with Gasteiger partial charge in [-0.15, -0.1) is 11.3 Å². The quantitative estimate of drug-likeness (QED) is 0.912. The Morgan fingerprint density at radius 3 is 3.00 bits per heavy atom. The van der Waals surface area contributed by atoms with Crippen molar-refractivity contribution in [3.63, 3.8) is 0 Å². The van der Waals surface area contributed by atoms with Gasteiger partial charge in [-0.2, -0.15) is 0 Å². The van der Waals surface area contributed by atoms with Crippen LogP contribution in [-0.4, -0.2) is 24.2 Å². The zero-order valence-electron chi connectivity index (χ0n) is 11.0. The van der Waals surface area contributed by atoms with Crippen LogP contribution >= 0.6 is 11.3 Å². The molecule has 0 amide bonds. The molecular weight excluding hydrogens is 244 g/mol. The van der Waals surface area contributed by atoms with Crippen molar-refractivity contribution >= 4 is 11.3 Å². The maximum absolute atomic E-state index is 6.12. The minimum atomic E-state index is 0.202. The zero-order valence-corrected chi connectivity index (χ0v) is 11.8. The standard InChI is InChI=1S/C14H22N2OS/c1-15-13(12-9-18-10-16-12)11-4-7-17-14(8-11)5-2-3-6-14/h9-11,13,15H,2-8H2,1H3. The Hall–Kier alpha value is -0.450. The number of thiazole rings is 1. The second-order valence-corrected chi connectivity index (χ2v) is 6.39. The zero-order chi connectivity index (χ0) is 12.4. The smallest absolute Gasteiger partial charge is 0.0795 e. The lowest BCUT2D eigenvalue weighted by Crippen LogP contribution is -2.41. The molecule has 1 N–H and O–H groups in total. The van der Waals surface area contributed by atoms with Crippen molar-refractivity contribution in [2.24, 2.45) is 5.92 Å². The predicted octanol–water partition coefficient (Wildman–Crippen LogP) is 3.14. The summed E-state index contributed by atoms with van der Waals surface area (Å²) in [5.41, 5.74) is 3.35. The molecule has 1 aliphatic heterocycles. The van der Waals surface area contributed by atoms with Crippen LogP contribution in [0.1, 0.15) is 50.3 Å². The first-order chi connectivity index (χ1) is 8.83. The van der Waals surface area contributed by atoms with E-state index in [0.29, 0.717) is 12.0 Å². The lowest BCUT2D eigenvalue weighted by atomic mass is 9.80. The molecule has 2 fully saturated rings. The SMILES string of the molecule is CNC(c1cscn1)C1CCOC2(CCCC2)C1. The average molecular weight is 266 g/mol. The van der Waals surface area contributed by atoms with Gasteiger partial charge in [0.15, 0.2) is 0 Å². The van der Waals surface area contributed by atoms with Crippen LogP contribution in [-0.2, 0) is 4.74 Å². The molecular formula is C14H22N2OS. The number of rotatable bonds is 3. The van der Waals surface area contributed by atoms with Gasteiger partial charge in [0, 0.05) is 12.0 Å². The van der Waals surface area contributed by atoms with Crippen molar-refractivity contribution in [1.82, 2.24) is 10.3 Å². The third-order valence-electron chi connectivity index (χ3n) is 4.60. The van der Waals surface area contributed by atoms with Crippen LogP contribution in [0.3, 0.4) is 0 Å². The van der Waals surface area contributed by atoms with Crippen molar-refractivity contribution in [3.8, 4) is 0 Å². The van der Waals surface area contributed by atoms with Crippen LogP contribution in [0, 0.1) is 5.92 Å². The minimum Gasteiger partial charge on any atom is -0.375 e. The summed E-state index contributed by atoms with van der Waals surface area (Å²) >= 11 is 1.69. The molecule has 1 aromatic rings. The number of aromatic nitrogens is 1. The van der Waals surface area contributed by atoms with E-state index in [0.717, 1.165) is 13.0 Å². The number of hydrogen-bond donors (Lipinski definition) is 1. The lowest BCUT2D eigenvalue weighted by Gasteiger charge is -2.41. The van der Waals surface area contributed by atoms with E-state index in [1.165, 1.54) is 37.8 Å². The molecule has 1 saturated heterocycles. The Kier molecular flexibility index (Phi) is 3.68. The molecule has 0 radical (unpaired) electrons. The van der Waals surface area contributed by atoms with Crippen molar-refractivity contribution in [3.05, 3.63) is 16.6 Å². The van der Waals surface area contributed by atoms with Crippen LogP contribution in [0.25, 0.3) is 0 Å². The third kappa shape index (κ3) is 2.33. The number of nitrogens with zero attached hydrogens (tertiary/aromatic N) is 1. The summed E-state index contributed by atoms with van der Waals surface area (Å²) in [4.78, 5) is 4.49. The summed E-state index contributed by atoms with van der Waals surface area (Å²) < 4.78 is 6.12. The van der Waals surface area contributed by atoms with Crippen molar-refractivity contribution in [2.75, 3.05) is 13.7 Å². The molecule has 1 spiro atoms. The lowest BCUT2D eigenvalue weighted by molar-refractivity contribution is -0.0980. The Morgan fingerprint density at radius 2 is 2.33 bits per heavy atom. The molecule has 0 aromatic carbocycles. The maximum Gasteiger partial charge on any atom is 0.0795 e. The molecule has 2 atom stereocenters. The molecule has 2 heterocycles. The molecule has 3 rings (SSSR count). The molecule has 1 saturated carbocycles. The van der Waals surface area contributed by atoms with E-state index in [1.54, 1.807) is 11.3 Å². The van der Waals surface area contributed by atoms with E-state index in [-0.39, 0.29) is 5.60 Å². The molecule has 18 heavy (non-hydrogen) atoms. The fourth-order valence-corrected chi connectivity index (χ4v) is 4.31. The minimum absolute atomic E-state index is 0.202. The van der Waals surface area contributed by atoms with E-state index in [2.05, 4.69) is 22.7 Å². The van der Waals surface area contributed by atoms with Crippen LogP contribution < -0.4 is 5.32 Å². The van der Waals surface area contributed by atoms with Gasteiger partial charge in [0.25, 0.3) is 0 Å². The second-order valence-electron chi connectivity index (χ2n) is 5.67. The highest BCUT2D eigenvalue weighted by Crippen LogP contribution is 2.45. The second kappa shape index (κ2) is 5.27. The number of nitrogens with one attached hydrogen (secondary N) is 1. The van der Waals surface area contributed by atoms with Crippen LogP contribution in [0.5, 0.6) is 0 Å². The fourth-order valence-electron chi connectivity index (χ4n) is 3.72. The van der Waals surface area contributed by atoms with Crippen molar-refractivity contribution in [1.29, 1.82) is 0 Å². The number of ether oxygens (including phenoxy) is 1. The molecule has 4 heteroatoms. The highest BCUT2D eigenvalue weighted by atomic mass is 32.1. The van der Waals surface area contributed by atoms with Gasteiger partial charge < -0.3 is 10.1 Å². The topological polar surface area (TPSA) is 34.2 Å². The largest absolute Gasteiger partial charge is 0.375 e. The van der Waals surface area contributed by atoms with E-state index in [4.69, 9.17) is 4.74 Å². The normalized spacial score (nSPS) is 28.6. The maximum atomic E-state index is 6.12. The Bertz CT molecular complexity index is 373. The Balaban J connectivity index is 1.74. The molecule has 2 unspecified atom stereocenters. The summed E-state index contributed by atoms with van der Waals surface area (Å²) in [5, 5.41) is 5.65. The van der Waals surface area contributed by atoms with Gasteiger partial charge in [-0.1, -0.05) is 12.8 Å². The first-order valence-corrected chi connectivity index (χ1v) is 7.97. The molecule has 1 aromatic heterocycles. The fraction of sp³-hybridized carbons (Fsp3) is 0.786. The summed E-state index contributed by atoms with van der Waals surface area (Å²) in [6.45, 7) is 0.924. The highest BCUT2D eigenvalue weighted by Gasteiger charge is 2.42. The third-order valence-corrected chi connectivity index (χ3v) is 5.20. The van der Waals surface area contributed by atoms with Crippen LogP contribution in [0.15, 0.2) is 10.9 Å². The van der Waals surface area contributed by atoms with Crippen LogP contribution in [0.4, 0.5) is 0 Å². The van der Waals surface area contributed by atoms with E-state index >= 15 is 0 Å². The Morgan fingerprint density at radius 1 is 1.50 bits per heavy atom. The van der Waals surface area contributed by atoms with Gasteiger partial charge >= 0.3 is 0 Å². The van der Waals surface area contributed by atoms with Crippen molar-refractivity contribution in [2.45, 2.75) is 50.2 Å². The van der Waals surface area contributed by atoms with E-state index in [9.17, 15) is 0 Å². The average Bonchev–Trinajstić information content (AvgIpc) is 3.03. The first kappa shape index (κ1) is 12.6. The monoisotopic (exact) mass is 266 g/mol. The van der Waals surface area contributed by atoms with E-state index in [1.807, 2.05) is 5.51 Å². The van der Waals surface area contributed by atoms with Gasteiger partial charge in [-0.3, -0.25) is 0 Å². The molecule has 3 nitrogen and oxygen atoms in total. The summed E-state index contributed by atoms with van der Waals surface area (Å²) in [7, 11) is 2.06. The first-order valence-electron chi connectivity index (χ1n) is 7.02. The van der Waals surface area contributed by atoms with Gasteiger partial charge in [0.05, 0.1) is 22.8 Å². The molecule has 2 aliphatic rings. The summed E-state index contributed by atoms with van der Waals surface area (Å²) in [5.74, 6) is 0.670. The Labute approximate surface area is 113 Å². The summed E-state index contributed by atoms with van der Waals surface area (Å²) in [6.07, 6.45) is 7.57.